The SMILES string of the molecule is CCCNCCC(=O)N(CCC)N(CC)CC. The van der Waals surface area contributed by atoms with Crippen molar-refractivity contribution in [2.75, 3.05) is 32.7 Å². The lowest BCUT2D eigenvalue weighted by Gasteiger charge is -2.33. The van der Waals surface area contributed by atoms with Crippen LogP contribution in [-0.2, 0) is 4.79 Å². The van der Waals surface area contributed by atoms with Gasteiger partial charge in [0.15, 0.2) is 0 Å². The number of hydrogen-bond acceptors (Lipinski definition) is 3. The van der Waals surface area contributed by atoms with Gasteiger partial charge >= 0.3 is 0 Å². The van der Waals surface area contributed by atoms with E-state index in [9.17, 15) is 4.79 Å². The Hall–Kier alpha value is -0.610. The van der Waals surface area contributed by atoms with Crippen LogP contribution in [-0.4, -0.2) is 48.6 Å². The minimum absolute atomic E-state index is 0.235. The van der Waals surface area contributed by atoms with Gasteiger partial charge in [0.1, 0.15) is 0 Å². The average molecular weight is 243 g/mol. The predicted molar refractivity (Wildman–Crippen MR) is 72.7 cm³/mol. The Kier molecular flexibility index (Phi) is 10.2. The van der Waals surface area contributed by atoms with Gasteiger partial charge in [0, 0.05) is 32.6 Å². The zero-order valence-corrected chi connectivity index (χ0v) is 12.0. The molecule has 0 aromatic rings. The number of hydrazine groups is 1. The molecule has 17 heavy (non-hydrogen) atoms. The maximum Gasteiger partial charge on any atom is 0.238 e. The quantitative estimate of drug-likeness (QED) is 0.470. The van der Waals surface area contributed by atoms with Crippen molar-refractivity contribution in [3.8, 4) is 0 Å². The predicted octanol–water partition coefficient (Wildman–Crippen LogP) is 1.87. The summed E-state index contributed by atoms with van der Waals surface area (Å²) >= 11 is 0. The van der Waals surface area contributed by atoms with E-state index in [4.69, 9.17) is 0 Å². The summed E-state index contributed by atoms with van der Waals surface area (Å²) in [6, 6.07) is 0. The van der Waals surface area contributed by atoms with Crippen LogP contribution < -0.4 is 5.32 Å². The van der Waals surface area contributed by atoms with Crippen LogP contribution in [0.2, 0.25) is 0 Å². The molecule has 0 atom stereocenters. The lowest BCUT2D eigenvalue weighted by molar-refractivity contribution is -0.148. The van der Waals surface area contributed by atoms with Gasteiger partial charge in [-0.2, -0.15) is 0 Å². The molecule has 0 saturated heterocycles. The maximum atomic E-state index is 12.1. The summed E-state index contributed by atoms with van der Waals surface area (Å²) in [6.07, 6.45) is 2.71. The third-order valence-corrected chi connectivity index (χ3v) is 2.74. The van der Waals surface area contributed by atoms with Crippen molar-refractivity contribution in [3.05, 3.63) is 0 Å². The molecule has 1 amide bonds. The second-order valence-electron chi connectivity index (χ2n) is 4.16. The van der Waals surface area contributed by atoms with E-state index in [2.05, 4.69) is 38.0 Å². The lowest BCUT2D eigenvalue weighted by atomic mass is 10.3. The molecular formula is C13H29N3O. The molecule has 0 saturated carbocycles. The van der Waals surface area contributed by atoms with Crippen molar-refractivity contribution in [2.45, 2.75) is 47.0 Å². The summed E-state index contributed by atoms with van der Waals surface area (Å²) < 4.78 is 0. The van der Waals surface area contributed by atoms with E-state index < -0.39 is 0 Å². The molecule has 0 aliphatic carbocycles. The third-order valence-electron chi connectivity index (χ3n) is 2.74. The highest BCUT2D eigenvalue weighted by Crippen LogP contribution is 2.02. The smallest absolute Gasteiger partial charge is 0.238 e. The molecule has 0 bridgehead atoms. The second-order valence-corrected chi connectivity index (χ2v) is 4.16. The zero-order valence-electron chi connectivity index (χ0n) is 12.0. The van der Waals surface area contributed by atoms with Gasteiger partial charge in [0.25, 0.3) is 0 Å². The monoisotopic (exact) mass is 243 g/mol. The van der Waals surface area contributed by atoms with Crippen molar-refractivity contribution < 1.29 is 4.79 Å². The number of carbonyl (C=O) groups excluding carboxylic acids is 1. The van der Waals surface area contributed by atoms with E-state index in [1.165, 1.54) is 0 Å². The van der Waals surface area contributed by atoms with Gasteiger partial charge < -0.3 is 5.32 Å². The van der Waals surface area contributed by atoms with Crippen molar-refractivity contribution in [1.29, 1.82) is 0 Å². The van der Waals surface area contributed by atoms with Crippen molar-refractivity contribution in [2.24, 2.45) is 0 Å². The molecule has 0 unspecified atom stereocenters. The van der Waals surface area contributed by atoms with E-state index in [0.717, 1.165) is 45.6 Å². The van der Waals surface area contributed by atoms with Crippen LogP contribution in [0.25, 0.3) is 0 Å². The molecule has 0 fully saturated rings. The van der Waals surface area contributed by atoms with Crippen LogP contribution in [0.1, 0.15) is 47.0 Å². The topological polar surface area (TPSA) is 35.6 Å². The first kappa shape index (κ1) is 16.4. The Morgan fingerprint density at radius 3 is 2.12 bits per heavy atom. The van der Waals surface area contributed by atoms with E-state index in [-0.39, 0.29) is 5.91 Å². The maximum absolute atomic E-state index is 12.1. The van der Waals surface area contributed by atoms with E-state index >= 15 is 0 Å². The van der Waals surface area contributed by atoms with Gasteiger partial charge in [0.2, 0.25) is 5.91 Å². The molecule has 4 nitrogen and oxygen atoms in total. The first-order chi connectivity index (χ1) is 8.21. The minimum Gasteiger partial charge on any atom is -0.316 e. The molecule has 102 valence electrons. The minimum atomic E-state index is 0.235. The van der Waals surface area contributed by atoms with Crippen LogP contribution in [0.5, 0.6) is 0 Å². The Bertz CT molecular complexity index is 193. The van der Waals surface area contributed by atoms with Gasteiger partial charge in [0.05, 0.1) is 0 Å². The van der Waals surface area contributed by atoms with Crippen molar-refractivity contribution in [3.63, 3.8) is 0 Å². The molecular weight excluding hydrogens is 214 g/mol. The summed E-state index contributed by atoms with van der Waals surface area (Å²) in [7, 11) is 0. The first-order valence-electron chi connectivity index (χ1n) is 6.97. The van der Waals surface area contributed by atoms with Gasteiger partial charge in [-0.15, -0.1) is 0 Å². The Morgan fingerprint density at radius 1 is 1.00 bits per heavy atom. The number of hydrogen-bond donors (Lipinski definition) is 1. The van der Waals surface area contributed by atoms with Gasteiger partial charge in [-0.05, 0) is 19.4 Å². The van der Waals surface area contributed by atoms with Crippen LogP contribution in [0.4, 0.5) is 0 Å². The highest BCUT2D eigenvalue weighted by Gasteiger charge is 2.17. The summed E-state index contributed by atoms with van der Waals surface area (Å²) in [4.78, 5) is 12.1. The summed E-state index contributed by atoms with van der Waals surface area (Å²) in [5, 5.41) is 7.30. The fourth-order valence-corrected chi connectivity index (χ4v) is 1.83. The molecule has 0 rings (SSSR count). The zero-order chi connectivity index (χ0) is 13.1. The highest BCUT2D eigenvalue weighted by atomic mass is 16.2. The van der Waals surface area contributed by atoms with Crippen molar-refractivity contribution >= 4 is 5.91 Å². The molecule has 0 radical (unpaired) electrons. The van der Waals surface area contributed by atoms with Crippen LogP contribution in [0.15, 0.2) is 0 Å². The standard InChI is InChI=1S/C13H29N3O/c1-5-10-14-11-9-13(17)16(12-6-2)15(7-3)8-4/h14H,5-12H2,1-4H3. The fraction of sp³-hybridized carbons (Fsp3) is 0.923. The molecule has 0 spiro atoms. The van der Waals surface area contributed by atoms with E-state index in [1.54, 1.807) is 0 Å². The van der Waals surface area contributed by atoms with Gasteiger partial charge in [-0.25, -0.2) is 5.01 Å². The first-order valence-corrected chi connectivity index (χ1v) is 6.97. The number of rotatable bonds is 10. The molecule has 0 aliphatic heterocycles. The second kappa shape index (κ2) is 10.5. The molecule has 0 aromatic carbocycles. The van der Waals surface area contributed by atoms with Crippen LogP contribution in [0, 0.1) is 0 Å². The van der Waals surface area contributed by atoms with Gasteiger partial charge in [-0.3, -0.25) is 9.80 Å². The van der Waals surface area contributed by atoms with E-state index in [0.29, 0.717) is 6.42 Å². The van der Waals surface area contributed by atoms with Crippen LogP contribution >= 0.6 is 0 Å². The molecule has 4 heteroatoms. The Balaban J connectivity index is 4.13. The average Bonchev–Trinajstić information content (AvgIpc) is 2.34. The number of amides is 1. The summed E-state index contributed by atoms with van der Waals surface area (Å²) in [6.45, 7) is 12.8. The third kappa shape index (κ3) is 6.64. The molecule has 0 aliphatic rings. The Labute approximate surface area is 106 Å². The molecule has 1 N–H and O–H groups in total. The number of nitrogens with one attached hydrogen (secondary N) is 1. The normalized spacial score (nSPS) is 10.9. The lowest BCUT2D eigenvalue weighted by Crippen LogP contribution is -2.47. The molecule has 0 heterocycles. The fourth-order valence-electron chi connectivity index (χ4n) is 1.83. The number of carbonyl (C=O) groups is 1. The number of nitrogens with zero attached hydrogens (tertiary/aromatic N) is 2. The Morgan fingerprint density at radius 2 is 1.65 bits per heavy atom. The van der Waals surface area contributed by atoms with Crippen LogP contribution in [0.3, 0.4) is 0 Å². The summed E-state index contributed by atoms with van der Waals surface area (Å²) in [5.41, 5.74) is 0. The van der Waals surface area contributed by atoms with E-state index in [1.807, 2.05) is 5.01 Å². The largest absolute Gasteiger partial charge is 0.316 e. The summed E-state index contributed by atoms with van der Waals surface area (Å²) in [5.74, 6) is 0.235. The highest BCUT2D eigenvalue weighted by molar-refractivity contribution is 5.75. The molecule has 0 aromatic heterocycles. The van der Waals surface area contributed by atoms with Gasteiger partial charge in [-0.1, -0.05) is 27.7 Å². The van der Waals surface area contributed by atoms with Crippen molar-refractivity contribution in [1.82, 2.24) is 15.3 Å².